The van der Waals surface area contributed by atoms with Crippen molar-refractivity contribution < 1.29 is 21.6 Å². The maximum absolute atomic E-state index is 15.0. The van der Waals surface area contributed by atoms with Gasteiger partial charge in [-0.3, -0.25) is 0 Å². The summed E-state index contributed by atoms with van der Waals surface area (Å²) >= 11 is 0. The average Bonchev–Trinajstić information content (AvgIpc) is 3.16. The van der Waals surface area contributed by atoms with Gasteiger partial charge >= 0.3 is 0 Å². The molecule has 0 atom stereocenters. The highest BCUT2D eigenvalue weighted by Gasteiger charge is 2.25. The van der Waals surface area contributed by atoms with Gasteiger partial charge in [-0.2, -0.15) is 9.83 Å². The molecule has 0 saturated carbocycles. The molecule has 0 aliphatic heterocycles. The Morgan fingerprint density at radius 2 is 1.93 bits per heavy atom. The number of hydrogen-bond donors (Lipinski definition) is 0. The number of halogens is 1. The zero-order chi connectivity index (χ0) is 26.9. The van der Waals surface area contributed by atoms with E-state index in [4.69, 9.17) is 12.6 Å². The smallest absolute Gasteiger partial charge is 0.216 e. The molecule has 0 amide bonds. The van der Waals surface area contributed by atoms with Crippen molar-refractivity contribution in [1.82, 2.24) is 0 Å². The number of aryl methyl sites for hydroxylation is 1. The molecule has 2 aromatic heterocycles. The van der Waals surface area contributed by atoms with E-state index in [1.807, 2.05) is 0 Å². The summed E-state index contributed by atoms with van der Waals surface area (Å²) in [5.41, 5.74) is 1.36. The Morgan fingerprint density at radius 3 is 2.60 bits per heavy atom. The predicted molar refractivity (Wildman–Crippen MR) is 118 cm³/mol. The molecule has 4 aromatic rings. The van der Waals surface area contributed by atoms with Gasteiger partial charge in [-0.15, -0.1) is 0 Å². The molecule has 0 saturated heterocycles. The molecule has 0 unspecified atom stereocenters. The molecular weight excluding hydrogens is 375 g/mol. The normalized spacial score (nSPS) is 15.4. The molecule has 2 aromatic carbocycles. The van der Waals surface area contributed by atoms with Crippen LogP contribution in [0.5, 0.6) is 0 Å². The van der Waals surface area contributed by atoms with Crippen molar-refractivity contribution in [2.24, 2.45) is 13.0 Å². The van der Waals surface area contributed by atoms with Gasteiger partial charge in [0.1, 0.15) is 18.7 Å². The molecule has 0 spiro atoms. The molecule has 2 heterocycles. The minimum absolute atomic E-state index is 0.0846. The van der Waals surface area contributed by atoms with Crippen molar-refractivity contribution in [2.45, 2.75) is 40.9 Å². The van der Waals surface area contributed by atoms with Gasteiger partial charge in [0.05, 0.1) is 12.5 Å². The lowest BCUT2D eigenvalue weighted by Crippen LogP contribution is -2.36. The lowest BCUT2D eigenvalue weighted by molar-refractivity contribution is -0.667. The van der Waals surface area contributed by atoms with Crippen molar-refractivity contribution in [3.05, 3.63) is 64.1 Å². The van der Waals surface area contributed by atoms with Crippen LogP contribution in [0.3, 0.4) is 0 Å². The number of rotatable bonds is 3. The third kappa shape index (κ3) is 2.97. The lowest BCUT2D eigenvalue weighted by Gasteiger charge is -2.14. The van der Waals surface area contributed by atoms with E-state index in [0.717, 1.165) is 0 Å². The molecule has 152 valence electrons. The molecule has 0 radical (unpaired) electrons. The molecule has 0 bridgehead atoms. The van der Waals surface area contributed by atoms with E-state index in [-0.39, 0.29) is 39.6 Å². The number of nitrogens with zero attached hydrogens (tertiary/aromatic N) is 2. The number of benzene rings is 2. The Bertz CT molecular complexity index is 1600. The lowest BCUT2D eigenvalue weighted by atomic mass is 9.93. The molecule has 0 N–H and O–H groups in total. The minimum Gasteiger partial charge on any atom is -0.452 e. The number of nitriles is 1. The van der Waals surface area contributed by atoms with E-state index in [2.05, 4.69) is 0 Å². The Morgan fingerprint density at radius 1 is 1.23 bits per heavy atom. The number of pyridine rings is 1. The molecular formula is C26H26FN2O+. The first-order chi connectivity index (χ1) is 16.6. The number of furan rings is 1. The zero-order valence-corrected chi connectivity index (χ0v) is 17.6. The first-order valence-electron chi connectivity index (χ1n) is 12.7. The number of hydrogen-bond acceptors (Lipinski definition) is 2. The Labute approximate surface area is 184 Å². The van der Waals surface area contributed by atoms with Gasteiger partial charge in [0.15, 0.2) is 17.1 Å². The minimum atomic E-state index is -2.65. The summed E-state index contributed by atoms with van der Waals surface area (Å²) < 4.78 is 73.6. The van der Waals surface area contributed by atoms with Crippen molar-refractivity contribution >= 4 is 21.9 Å². The van der Waals surface area contributed by atoms with Crippen molar-refractivity contribution in [2.75, 3.05) is 0 Å². The molecule has 0 aliphatic carbocycles. The number of fused-ring (bicyclic) bond motifs is 3. The summed E-state index contributed by atoms with van der Waals surface area (Å²) in [6, 6.07) is 8.10. The third-order valence-corrected chi connectivity index (χ3v) is 5.44. The summed E-state index contributed by atoms with van der Waals surface area (Å²) in [5.74, 6) is -1.39. The van der Waals surface area contributed by atoms with Gasteiger partial charge < -0.3 is 4.42 Å². The molecule has 30 heavy (non-hydrogen) atoms. The first-order valence-corrected chi connectivity index (χ1v) is 9.73. The van der Waals surface area contributed by atoms with Crippen LogP contribution in [-0.4, -0.2) is 0 Å². The number of aromatic nitrogens is 1. The SMILES string of the molecule is [2H]c1c(C([2H])([2H])C(C)C)c(C([2H])([2H])[2H])c(C)[n+](C)c1-c1c(C)ccc2c1oc1c(F)c(C#N)ccc12. The molecule has 3 nitrogen and oxygen atoms in total. The van der Waals surface area contributed by atoms with E-state index in [0.29, 0.717) is 27.6 Å². The van der Waals surface area contributed by atoms with Gasteiger partial charge in [-0.05, 0) is 49.3 Å². The van der Waals surface area contributed by atoms with Crippen LogP contribution < -0.4 is 4.57 Å². The topological polar surface area (TPSA) is 40.8 Å². The maximum Gasteiger partial charge on any atom is 0.216 e. The second kappa shape index (κ2) is 7.25. The zero-order valence-electron chi connectivity index (χ0n) is 23.6. The third-order valence-electron chi connectivity index (χ3n) is 5.44. The second-order valence-electron chi connectivity index (χ2n) is 7.82. The van der Waals surface area contributed by atoms with Crippen molar-refractivity contribution in [3.63, 3.8) is 0 Å². The van der Waals surface area contributed by atoms with Crippen molar-refractivity contribution in [3.8, 4) is 17.3 Å². The van der Waals surface area contributed by atoms with Crippen LogP contribution in [0.1, 0.15) is 50.0 Å². The van der Waals surface area contributed by atoms with Crippen molar-refractivity contribution in [1.29, 1.82) is 5.26 Å². The predicted octanol–water partition coefficient (Wildman–Crippen LogP) is 6.21. The highest BCUT2D eigenvalue weighted by molar-refractivity contribution is 6.10. The Kier molecular flexibility index (Phi) is 3.37. The molecule has 4 heteroatoms. The van der Waals surface area contributed by atoms with Crippen LogP contribution in [0.15, 0.2) is 34.7 Å². The quantitative estimate of drug-likeness (QED) is 0.379. The summed E-state index contributed by atoms with van der Waals surface area (Å²) in [6.07, 6.45) is -2.11. The summed E-state index contributed by atoms with van der Waals surface area (Å²) in [4.78, 5) is 0. The van der Waals surface area contributed by atoms with Gasteiger partial charge in [-0.1, -0.05) is 26.0 Å². The Balaban J connectivity index is 2.23. The first kappa shape index (κ1) is 13.9. The molecule has 0 fully saturated rings. The van der Waals surface area contributed by atoms with Crippen LogP contribution in [0.25, 0.3) is 33.2 Å². The standard InChI is InChI=1S/C26H26FN2O/c1-14(2)11-19-12-22(29(6)17(5)16(19)4)23-15(3)7-9-20-21-10-8-18(13-28)24(27)26(21)30-25(20)23/h7-10,12,14H,11H2,1-6H3/q+1/i4D3,11D2,12D. The van der Waals surface area contributed by atoms with Crippen LogP contribution in [0, 0.1) is 43.8 Å². The summed E-state index contributed by atoms with van der Waals surface area (Å²) in [7, 11) is 1.63. The largest absolute Gasteiger partial charge is 0.452 e. The van der Waals surface area contributed by atoms with E-state index >= 15 is 0 Å². The average molecular weight is 408 g/mol. The van der Waals surface area contributed by atoms with Gasteiger partial charge in [0.25, 0.3) is 0 Å². The molecule has 4 rings (SSSR count). The van der Waals surface area contributed by atoms with E-state index in [1.165, 1.54) is 6.07 Å². The van der Waals surface area contributed by atoms with Crippen LogP contribution in [-0.2, 0) is 13.4 Å². The highest BCUT2D eigenvalue weighted by Crippen LogP contribution is 2.39. The van der Waals surface area contributed by atoms with Crippen LogP contribution in [0.4, 0.5) is 4.39 Å². The van der Waals surface area contributed by atoms with Gasteiger partial charge in [-0.25, -0.2) is 4.39 Å². The van der Waals surface area contributed by atoms with E-state index in [9.17, 15) is 9.65 Å². The Hall–Kier alpha value is -3.19. The second-order valence-corrected chi connectivity index (χ2v) is 7.82. The fraction of sp³-hybridized carbons (Fsp3) is 0.308. The maximum atomic E-state index is 15.0. The van der Waals surface area contributed by atoms with E-state index < -0.39 is 25.0 Å². The summed E-state index contributed by atoms with van der Waals surface area (Å²) in [6.45, 7) is 4.03. The van der Waals surface area contributed by atoms with Crippen LogP contribution in [0.2, 0.25) is 0 Å². The molecule has 0 aliphatic rings. The summed E-state index contributed by atoms with van der Waals surface area (Å²) in [5, 5.41) is 10.3. The van der Waals surface area contributed by atoms with Crippen LogP contribution >= 0.6 is 0 Å². The fourth-order valence-electron chi connectivity index (χ4n) is 3.76. The van der Waals surface area contributed by atoms with Gasteiger partial charge in [0, 0.05) is 36.2 Å². The highest BCUT2D eigenvalue weighted by atomic mass is 19.1. The monoisotopic (exact) mass is 407 g/mol. The van der Waals surface area contributed by atoms with Gasteiger partial charge in [0.2, 0.25) is 5.69 Å². The fourth-order valence-corrected chi connectivity index (χ4v) is 3.76. The van der Waals surface area contributed by atoms with E-state index in [1.54, 1.807) is 63.6 Å².